The van der Waals surface area contributed by atoms with E-state index in [0.717, 1.165) is 47.3 Å². The van der Waals surface area contributed by atoms with Crippen LogP contribution in [-0.4, -0.2) is 19.5 Å². The second-order valence-corrected chi connectivity index (χ2v) is 8.12. The molecule has 0 radical (unpaired) electrons. The number of thiophene rings is 1. The van der Waals surface area contributed by atoms with Gasteiger partial charge in [-0.15, -0.1) is 11.3 Å². The number of imidazole rings is 1. The van der Waals surface area contributed by atoms with Gasteiger partial charge in [-0.3, -0.25) is 4.79 Å². The third-order valence-electron chi connectivity index (χ3n) is 5.21. The average molecular weight is 399 g/mol. The molecule has 0 fully saturated rings. The standard InChI is InChI=1S/C22H17N5OS/c23-12-15(11-14-5-7-16(8-6-14)27-10-9-24-13-27)20-25-21(28)19-17-3-1-2-4-18(17)29-22(19)26-20/h5-11,13H,1-4H2,(H,25,26,28)/b15-11+. The van der Waals surface area contributed by atoms with E-state index in [-0.39, 0.29) is 5.56 Å². The van der Waals surface area contributed by atoms with Gasteiger partial charge in [0.25, 0.3) is 5.56 Å². The largest absolute Gasteiger partial charge is 0.306 e. The Labute approximate surface area is 170 Å². The molecule has 0 amide bonds. The van der Waals surface area contributed by atoms with Crippen molar-refractivity contribution in [2.75, 3.05) is 0 Å². The second-order valence-electron chi connectivity index (χ2n) is 7.04. The molecule has 1 N–H and O–H groups in total. The minimum Gasteiger partial charge on any atom is -0.306 e. The van der Waals surface area contributed by atoms with Crippen LogP contribution in [0.1, 0.15) is 34.7 Å². The van der Waals surface area contributed by atoms with E-state index in [1.807, 2.05) is 35.0 Å². The molecule has 142 valence electrons. The third kappa shape index (κ3) is 3.18. The molecule has 3 heterocycles. The lowest BCUT2D eigenvalue weighted by molar-refractivity contribution is 0.700. The van der Waals surface area contributed by atoms with E-state index in [2.05, 4.69) is 21.0 Å². The van der Waals surface area contributed by atoms with Crippen LogP contribution in [0.3, 0.4) is 0 Å². The number of nitrogens with one attached hydrogen (secondary N) is 1. The van der Waals surface area contributed by atoms with Gasteiger partial charge in [0, 0.05) is 23.0 Å². The van der Waals surface area contributed by atoms with Crippen LogP contribution in [0.4, 0.5) is 0 Å². The molecule has 0 unspecified atom stereocenters. The maximum atomic E-state index is 12.7. The highest BCUT2D eigenvalue weighted by molar-refractivity contribution is 7.18. The van der Waals surface area contributed by atoms with Crippen molar-refractivity contribution in [2.45, 2.75) is 25.7 Å². The Balaban J connectivity index is 1.54. The van der Waals surface area contributed by atoms with Crippen molar-refractivity contribution in [1.82, 2.24) is 19.5 Å². The van der Waals surface area contributed by atoms with Gasteiger partial charge in [0.05, 0.1) is 17.3 Å². The number of allylic oxidation sites excluding steroid dienone is 1. The number of benzene rings is 1. The lowest BCUT2D eigenvalue weighted by Gasteiger charge is -2.09. The van der Waals surface area contributed by atoms with Crippen LogP contribution in [0.25, 0.3) is 27.6 Å². The Morgan fingerprint density at radius 2 is 2.07 bits per heavy atom. The lowest BCUT2D eigenvalue weighted by Crippen LogP contribution is -2.12. The van der Waals surface area contributed by atoms with Gasteiger partial charge < -0.3 is 9.55 Å². The molecule has 29 heavy (non-hydrogen) atoms. The van der Waals surface area contributed by atoms with E-state index in [9.17, 15) is 10.1 Å². The van der Waals surface area contributed by atoms with Crippen LogP contribution in [-0.2, 0) is 12.8 Å². The van der Waals surface area contributed by atoms with Gasteiger partial charge in [-0.05, 0) is 55.0 Å². The number of fused-ring (bicyclic) bond motifs is 3. The zero-order valence-corrected chi connectivity index (χ0v) is 16.4. The molecule has 0 aliphatic heterocycles. The topological polar surface area (TPSA) is 87.4 Å². The van der Waals surface area contributed by atoms with Crippen LogP contribution in [0.2, 0.25) is 0 Å². The summed E-state index contributed by atoms with van der Waals surface area (Å²) in [6.07, 6.45) is 11.3. The maximum absolute atomic E-state index is 12.7. The van der Waals surface area contributed by atoms with E-state index < -0.39 is 0 Å². The summed E-state index contributed by atoms with van der Waals surface area (Å²) in [6.45, 7) is 0. The molecule has 3 aromatic heterocycles. The normalized spacial score (nSPS) is 14.0. The number of aromatic nitrogens is 4. The van der Waals surface area contributed by atoms with E-state index in [0.29, 0.717) is 16.8 Å². The molecule has 6 nitrogen and oxygen atoms in total. The minimum atomic E-state index is -0.152. The highest BCUT2D eigenvalue weighted by atomic mass is 32.1. The molecule has 1 aliphatic rings. The number of aryl methyl sites for hydroxylation is 2. The van der Waals surface area contributed by atoms with E-state index >= 15 is 0 Å². The number of rotatable bonds is 3. The van der Waals surface area contributed by atoms with E-state index in [1.165, 1.54) is 4.88 Å². The Hall–Kier alpha value is -3.50. The molecule has 0 saturated heterocycles. The second kappa shape index (κ2) is 7.15. The van der Waals surface area contributed by atoms with Gasteiger partial charge in [-0.25, -0.2) is 9.97 Å². The Kier molecular flexibility index (Phi) is 4.34. The van der Waals surface area contributed by atoms with Gasteiger partial charge in [-0.1, -0.05) is 12.1 Å². The minimum absolute atomic E-state index is 0.152. The molecule has 4 aromatic rings. The molecule has 0 saturated carbocycles. The monoisotopic (exact) mass is 399 g/mol. The van der Waals surface area contributed by atoms with Crippen molar-refractivity contribution in [2.24, 2.45) is 0 Å². The SMILES string of the molecule is N#C/C(=C\c1ccc(-n2ccnc2)cc1)c1nc2sc3c(c2c(=O)[nH]1)CCCC3. The molecule has 0 atom stereocenters. The van der Waals surface area contributed by atoms with Crippen LogP contribution < -0.4 is 5.56 Å². The zero-order chi connectivity index (χ0) is 19.8. The molecule has 0 bridgehead atoms. The van der Waals surface area contributed by atoms with Crippen LogP contribution in [0.5, 0.6) is 0 Å². The highest BCUT2D eigenvalue weighted by Gasteiger charge is 2.20. The average Bonchev–Trinajstić information content (AvgIpc) is 3.40. The maximum Gasteiger partial charge on any atom is 0.260 e. The fraction of sp³-hybridized carbons (Fsp3) is 0.182. The first-order chi connectivity index (χ1) is 14.2. The number of hydrogen-bond donors (Lipinski definition) is 1. The highest BCUT2D eigenvalue weighted by Crippen LogP contribution is 2.34. The molecule has 5 rings (SSSR count). The number of H-pyrrole nitrogens is 1. The number of hydrogen-bond acceptors (Lipinski definition) is 5. The molecular formula is C22H17N5OS. The van der Waals surface area contributed by atoms with Crippen LogP contribution in [0.15, 0.2) is 47.8 Å². The van der Waals surface area contributed by atoms with Crippen molar-refractivity contribution in [3.63, 3.8) is 0 Å². The van der Waals surface area contributed by atoms with E-state index in [1.54, 1.807) is 29.9 Å². The quantitative estimate of drug-likeness (QED) is 0.525. The molecule has 0 spiro atoms. The Morgan fingerprint density at radius 3 is 2.83 bits per heavy atom. The first-order valence-electron chi connectivity index (χ1n) is 9.48. The summed E-state index contributed by atoms with van der Waals surface area (Å²) in [5, 5.41) is 10.4. The Bertz CT molecular complexity index is 1320. The fourth-order valence-corrected chi connectivity index (χ4v) is 5.03. The van der Waals surface area contributed by atoms with Gasteiger partial charge in [0.15, 0.2) is 5.82 Å². The summed E-state index contributed by atoms with van der Waals surface area (Å²) in [5.41, 5.74) is 3.18. The summed E-state index contributed by atoms with van der Waals surface area (Å²) in [5.74, 6) is 0.322. The van der Waals surface area contributed by atoms with Crippen molar-refractivity contribution in [3.05, 3.63) is 75.2 Å². The van der Waals surface area contributed by atoms with Gasteiger partial charge in [0.2, 0.25) is 0 Å². The molecular weight excluding hydrogens is 382 g/mol. The van der Waals surface area contributed by atoms with Crippen LogP contribution >= 0.6 is 11.3 Å². The first kappa shape index (κ1) is 17.6. The number of nitrogens with zero attached hydrogens (tertiary/aromatic N) is 4. The molecule has 1 aliphatic carbocycles. The number of nitriles is 1. The third-order valence-corrected chi connectivity index (χ3v) is 6.39. The lowest BCUT2D eigenvalue weighted by atomic mass is 9.97. The van der Waals surface area contributed by atoms with Gasteiger partial charge in [0.1, 0.15) is 10.9 Å². The predicted molar refractivity (Wildman–Crippen MR) is 114 cm³/mol. The summed E-state index contributed by atoms with van der Waals surface area (Å²) in [7, 11) is 0. The summed E-state index contributed by atoms with van der Waals surface area (Å²) >= 11 is 1.59. The zero-order valence-electron chi connectivity index (χ0n) is 15.6. The van der Waals surface area contributed by atoms with Crippen LogP contribution in [0, 0.1) is 11.3 Å². The Morgan fingerprint density at radius 1 is 1.24 bits per heavy atom. The molecule has 1 aromatic carbocycles. The van der Waals surface area contributed by atoms with Gasteiger partial charge >= 0.3 is 0 Å². The van der Waals surface area contributed by atoms with Crippen molar-refractivity contribution in [3.8, 4) is 11.8 Å². The van der Waals surface area contributed by atoms with Crippen molar-refractivity contribution < 1.29 is 0 Å². The van der Waals surface area contributed by atoms with Crippen molar-refractivity contribution in [1.29, 1.82) is 5.26 Å². The van der Waals surface area contributed by atoms with Crippen molar-refractivity contribution >= 4 is 33.2 Å². The van der Waals surface area contributed by atoms with E-state index in [4.69, 9.17) is 0 Å². The fourth-order valence-electron chi connectivity index (χ4n) is 3.77. The number of aromatic amines is 1. The first-order valence-corrected chi connectivity index (χ1v) is 10.3. The summed E-state index contributed by atoms with van der Waals surface area (Å²) in [6, 6.07) is 9.94. The molecule has 7 heteroatoms. The van der Waals surface area contributed by atoms with Gasteiger partial charge in [-0.2, -0.15) is 5.26 Å². The summed E-state index contributed by atoms with van der Waals surface area (Å²) < 4.78 is 1.91. The smallest absolute Gasteiger partial charge is 0.260 e. The predicted octanol–water partition coefficient (Wildman–Crippen LogP) is 4.11. The summed E-state index contributed by atoms with van der Waals surface area (Å²) in [4.78, 5) is 26.2.